The Bertz CT molecular complexity index is 930. The predicted octanol–water partition coefficient (Wildman–Crippen LogP) is 7.32. The lowest BCUT2D eigenvalue weighted by atomic mass is 10.1. The van der Waals surface area contributed by atoms with Crippen LogP contribution in [0.25, 0.3) is 0 Å². The largest absolute Gasteiger partial charge is 0.372 e. The van der Waals surface area contributed by atoms with E-state index in [2.05, 4.69) is 53.2 Å². The molecule has 1 aromatic heterocycles. The minimum Gasteiger partial charge on any atom is -0.372 e. The number of hydrogen-bond donors (Lipinski definition) is 0. The van der Waals surface area contributed by atoms with Crippen LogP contribution in [0.1, 0.15) is 67.5 Å². The minimum absolute atomic E-state index is 0.436. The van der Waals surface area contributed by atoms with Crippen LogP contribution in [-0.2, 0) is 0 Å². The summed E-state index contributed by atoms with van der Waals surface area (Å²) in [7, 11) is 0. The summed E-state index contributed by atoms with van der Waals surface area (Å²) in [5.41, 5.74) is 4.17. The molecule has 0 fully saturated rings. The van der Waals surface area contributed by atoms with Gasteiger partial charge in [-0.3, -0.25) is 0 Å². The Morgan fingerprint density at radius 1 is 0.966 bits per heavy atom. The Morgan fingerprint density at radius 3 is 2.38 bits per heavy atom. The van der Waals surface area contributed by atoms with Gasteiger partial charge in [0.15, 0.2) is 5.00 Å². The highest BCUT2D eigenvalue weighted by Gasteiger charge is 2.14. The van der Waals surface area contributed by atoms with Crippen LogP contribution in [0.2, 0.25) is 0 Å². The molecule has 0 spiro atoms. The molecule has 6 heteroatoms. The van der Waals surface area contributed by atoms with Crippen LogP contribution < -0.4 is 4.90 Å². The molecule has 0 aliphatic heterocycles. The average molecular weight is 408 g/mol. The first-order chi connectivity index (χ1) is 14.0. The summed E-state index contributed by atoms with van der Waals surface area (Å²) >= 11 is 1.21. The van der Waals surface area contributed by atoms with Crippen LogP contribution in [0.5, 0.6) is 0 Å². The molecule has 152 valence electrons. The molecule has 0 N–H and O–H groups in total. The van der Waals surface area contributed by atoms with Crippen molar-refractivity contribution in [2.75, 3.05) is 18.0 Å². The monoisotopic (exact) mass is 407 g/mol. The van der Waals surface area contributed by atoms with Crippen molar-refractivity contribution in [3.8, 4) is 12.1 Å². The van der Waals surface area contributed by atoms with E-state index in [1.807, 2.05) is 13.0 Å². The maximum atomic E-state index is 9.35. The van der Waals surface area contributed by atoms with Crippen LogP contribution in [0, 0.1) is 36.5 Å². The maximum Gasteiger partial charge on any atom is 0.158 e. The van der Waals surface area contributed by atoms with Crippen molar-refractivity contribution < 1.29 is 0 Å². The molecule has 0 saturated carbocycles. The van der Waals surface area contributed by atoms with E-state index in [0.29, 0.717) is 21.0 Å². The SMILES string of the molecule is CCCCCCN(CCC)c1ccc(/N=N/c2sc(C#N)c(C)c2C#N)c(C)c1. The van der Waals surface area contributed by atoms with Crippen LogP contribution in [-0.4, -0.2) is 13.1 Å². The third kappa shape index (κ3) is 5.89. The summed E-state index contributed by atoms with van der Waals surface area (Å²) in [6.45, 7) is 10.4. The molecule has 0 saturated heterocycles. The Hall–Kier alpha value is -2.70. The van der Waals surface area contributed by atoms with Crippen LogP contribution in [0.15, 0.2) is 28.4 Å². The number of benzene rings is 1. The smallest absolute Gasteiger partial charge is 0.158 e. The molecule has 0 radical (unpaired) electrons. The summed E-state index contributed by atoms with van der Waals surface area (Å²) in [6, 6.07) is 10.5. The van der Waals surface area contributed by atoms with E-state index in [4.69, 9.17) is 0 Å². The number of hydrogen-bond acceptors (Lipinski definition) is 6. The van der Waals surface area contributed by atoms with Crippen molar-refractivity contribution in [3.05, 3.63) is 39.8 Å². The molecule has 0 aliphatic rings. The number of aryl methyl sites for hydroxylation is 1. The van der Waals surface area contributed by atoms with Crippen molar-refractivity contribution >= 4 is 27.7 Å². The lowest BCUT2D eigenvalue weighted by molar-refractivity contribution is 0.639. The first-order valence-corrected chi connectivity index (χ1v) is 11.1. The van der Waals surface area contributed by atoms with Crippen LogP contribution >= 0.6 is 11.3 Å². The maximum absolute atomic E-state index is 9.35. The van der Waals surface area contributed by atoms with Gasteiger partial charge in [-0.1, -0.05) is 33.1 Å². The van der Waals surface area contributed by atoms with Gasteiger partial charge in [0, 0.05) is 18.8 Å². The minimum atomic E-state index is 0.436. The molecule has 5 nitrogen and oxygen atoms in total. The van der Waals surface area contributed by atoms with Gasteiger partial charge in [-0.2, -0.15) is 10.5 Å². The van der Waals surface area contributed by atoms with Crippen molar-refractivity contribution in [1.29, 1.82) is 10.5 Å². The number of thiophene rings is 1. The molecule has 0 atom stereocenters. The standard InChI is InChI=1S/C23H29N5S/c1-5-7-8-9-13-28(12-6-2)19-10-11-21(17(3)14-19)26-27-23-20(15-24)18(4)22(16-25)29-23/h10-11,14H,5-9,12-13H2,1-4H3/b27-26+. The van der Waals surface area contributed by atoms with Crippen molar-refractivity contribution in [3.63, 3.8) is 0 Å². The second kappa shape index (κ2) is 11.3. The van der Waals surface area contributed by atoms with E-state index in [0.717, 1.165) is 30.8 Å². The molecule has 0 unspecified atom stereocenters. The third-order valence-corrected chi connectivity index (χ3v) is 5.99. The summed E-state index contributed by atoms with van der Waals surface area (Å²) in [4.78, 5) is 2.96. The van der Waals surface area contributed by atoms with Gasteiger partial charge in [-0.05, 0) is 56.0 Å². The quantitative estimate of drug-likeness (QED) is 0.306. The van der Waals surface area contributed by atoms with Gasteiger partial charge in [0.25, 0.3) is 0 Å². The molecule has 0 bridgehead atoms. The van der Waals surface area contributed by atoms with Crippen molar-refractivity contribution in [2.24, 2.45) is 10.2 Å². The van der Waals surface area contributed by atoms with Crippen molar-refractivity contribution in [1.82, 2.24) is 0 Å². The molecule has 29 heavy (non-hydrogen) atoms. The zero-order chi connectivity index (χ0) is 21.2. The van der Waals surface area contributed by atoms with Gasteiger partial charge in [0.2, 0.25) is 0 Å². The summed E-state index contributed by atoms with van der Waals surface area (Å²) in [5, 5.41) is 27.7. The number of rotatable bonds is 10. The predicted molar refractivity (Wildman–Crippen MR) is 120 cm³/mol. The van der Waals surface area contributed by atoms with Crippen LogP contribution in [0.4, 0.5) is 16.4 Å². The fraction of sp³-hybridized carbons (Fsp3) is 0.478. The number of nitrogens with zero attached hydrogens (tertiary/aromatic N) is 5. The van der Waals surface area contributed by atoms with Gasteiger partial charge < -0.3 is 4.90 Å². The fourth-order valence-corrected chi connectivity index (χ4v) is 4.10. The first kappa shape index (κ1) is 22.6. The lowest BCUT2D eigenvalue weighted by Gasteiger charge is -2.25. The van der Waals surface area contributed by atoms with E-state index in [1.165, 1.54) is 42.7 Å². The molecular formula is C23H29N5S. The molecular weight excluding hydrogens is 378 g/mol. The topological polar surface area (TPSA) is 75.5 Å². The van der Waals surface area contributed by atoms with E-state index in [9.17, 15) is 10.5 Å². The fourth-order valence-electron chi connectivity index (χ4n) is 3.22. The van der Waals surface area contributed by atoms with Gasteiger partial charge in [-0.15, -0.1) is 21.6 Å². The highest BCUT2D eigenvalue weighted by atomic mass is 32.1. The highest BCUT2D eigenvalue weighted by molar-refractivity contribution is 7.16. The number of nitriles is 2. The Kier molecular flexibility index (Phi) is 8.83. The number of unbranched alkanes of at least 4 members (excludes halogenated alkanes) is 3. The van der Waals surface area contributed by atoms with Crippen LogP contribution in [0.3, 0.4) is 0 Å². The second-order valence-electron chi connectivity index (χ2n) is 7.18. The summed E-state index contributed by atoms with van der Waals surface area (Å²) < 4.78 is 0. The summed E-state index contributed by atoms with van der Waals surface area (Å²) in [6.07, 6.45) is 6.14. The average Bonchev–Trinajstić information content (AvgIpc) is 3.03. The number of anilines is 1. The molecule has 1 heterocycles. The van der Waals surface area contributed by atoms with Gasteiger partial charge >= 0.3 is 0 Å². The normalized spacial score (nSPS) is 10.8. The zero-order valence-electron chi connectivity index (χ0n) is 17.8. The van der Waals surface area contributed by atoms with E-state index in [1.54, 1.807) is 6.92 Å². The lowest BCUT2D eigenvalue weighted by Crippen LogP contribution is -2.25. The van der Waals surface area contributed by atoms with E-state index in [-0.39, 0.29) is 0 Å². The molecule has 0 amide bonds. The molecule has 2 aromatic rings. The zero-order valence-corrected chi connectivity index (χ0v) is 18.6. The molecule has 0 aliphatic carbocycles. The Balaban J connectivity index is 2.19. The van der Waals surface area contributed by atoms with Gasteiger partial charge in [-0.25, -0.2) is 0 Å². The first-order valence-electron chi connectivity index (χ1n) is 10.3. The van der Waals surface area contributed by atoms with Crippen molar-refractivity contribution in [2.45, 2.75) is 59.8 Å². The van der Waals surface area contributed by atoms with E-state index >= 15 is 0 Å². The molecule has 2 rings (SSSR count). The third-order valence-electron chi connectivity index (χ3n) is 4.91. The second-order valence-corrected chi connectivity index (χ2v) is 8.18. The molecule has 1 aromatic carbocycles. The van der Waals surface area contributed by atoms with Gasteiger partial charge in [0.1, 0.15) is 17.0 Å². The Labute approximate surface area is 178 Å². The Morgan fingerprint density at radius 2 is 1.76 bits per heavy atom. The van der Waals surface area contributed by atoms with Gasteiger partial charge in [0.05, 0.1) is 11.3 Å². The number of azo groups is 1. The summed E-state index contributed by atoms with van der Waals surface area (Å²) in [5.74, 6) is 0. The van der Waals surface area contributed by atoms with E-state index < -0.39 is 0 Å². The highest BCUT2D eigenvalue weighted by Crippen LogP contribution is 2.36.